The van der Waals surface area contributed by atoms with E-state index in [0.29, 0.717) is 22.3 Å². The van der Waals surface area contributed by atoms with Gasteiger partial charge in [-0.2, -0.15) is 0 Å². The van der Waals surface area contributed by atoms with E-state index in [1.807, 2.05) is 12.1 Å². The van der Waals surface area contributed by atoms with Crippen molar-refractivity contribution < 1.29 is 23.4 Å². The SMILES string of the molecule is COc1ccc(NCc2cc3oc(C(=O)O)cc3cc2F)cc1Br. The zero-order valence-corrected chi connectivity index (χ0v) is 14.2. The summed E-state index contributed by atoms with van der Waals surface area (Å²) in [7, 11) is 1.58. The lowest BCUT2D eigenvalue weighted by molar-refractivity contribution is 0.0665. The second-order valence-corrected chi connectivity index (χ2v) is 5.95. The highest BCUT2D eigenvalue weighted by Gasteiger charge is 2.13. The first-order chi connectivity index (χ1) is 11.5. The Balaban J connectivity index is 1.83. The highest BCUT2D eigenvalue weighted by Crippen LogP contribution is 2.28. The van der Waals surface area contributed by atoms with Crippen LogP contribution in [-0.2, 0) is 6.54 Å². The summed E-state index contributed by atoms with van der Waals surface area (Å²) in [4.78, 5) is 10.9. The maximum absolute atomic E-state index is 14.2. The minimum Gasteiger partial charge on any atom is -0.496 e. The Hall–Kier alpha value is -2.54. The summed E-state index contributed by atoms with van der Waals surface area (Å²) >= 11 is 3.39. The molecule has 0 radical (unpaired) electrons. The van der Waals surface area contributed by atoms with Crippen LogP contribution < -0.4 is 10.1 Å². The summed E-state index contributed by atoms with van der Waals surface area (Å²) in [6.45, 7) is 0.226. The predicted octanol–water partition coefficient (Wildman–Crippen LogP) is 4.65. The van der Waals surface area contributed by atoms with E-state index in [2.05, 4.69) is 21.2 Å². The number of aromatic carboxylic acids is 1. The first kappa shape index (κ1) is 16.3. The number of benzene rings is 2. The van der Waals surface area contributed by atoms with Crippen LogP contribution in [-0.4, -0.2) is 18.2 Å². The zero-order chi connectivity index (χ0) is 17.3. The summed E-state index contributed by atoms with van der Waals surface area (Å²) in [6.07, 6.45) is 0. The van der Waals surface area contributed by atoms with Crippen LogP contribution in [0.25, 0.3) is 11.0 Å². The van der Waals surface area contributed by atoms with Crippen molar-refractivity contribution in [2.75, 3.05) is 12.4 Å². The molecule has 3 rings (SSSR count). The van der Waals surface area contributed by atoms with E-state index in [9.17, 15) is 9.18 Å². The van der Waals surface area contributed by atoms with E-state index < -0.39 is 11.8 Å². The number of nitrogens with one attached hydrogen (secondary N) is 1. The lowest BCUT2D eigenvalue weighted by Gasteiger charge is -2.10. The third-order valence-corrected chi connectivity index (χ3v) is 4.15. The van der Waals surface area contributed by atoms with E-state index in [0.717, 1.165) is 10.2 Å². The van der Waals surface area contributed by atoms with Gasteiger partial charge in [0.25, 0.3) is 0 Å². The van der Waals surface area contributed by atoms with Gasteiger partial charge >= 0.3 is 5.97 Å². The van der Waals surface area contributed by atoms with Gasteiger partial charge in [-0.3, -0.25) is 0 Å². The molecule has 0 fully saturated rings. The molecule has 2 N–H and O–H groups in total. The van der Waals surface area contributed by atoms with Crippen LogP contribution in [0.15, 0.2) is 45.3 Å². The Labute approximate surface area is 145 Å². The number of carboxylic acids is 1. The Kier molecular flexibility index (Phi) is 4.44. The molecular formula is C17H13BrFNO4. The highest BCUT2D eigenvalue weighted by molar-refractivity contribution is 9.10. The maximum atomic E-state index is 14.2. The molecule has 0 saturated carbocycles. The van der Waals surface area contributed by atoms with E-state index >= 15 is 0 Å². The summed E-state index contributed by atoms with van der Waals surface area (Å²) in [5.41, 5.74) is 1.50. The molecule has 0 amide bonds. The number of anilines is 1. The number of furan rings is 1. The highest BCUT2D eigenvalue weighted by atomic mass is 79.9. The van der Waals surface area contributed by atoms with Gasteiger partial charge in [0.1, 0.15) is 17.1 Å². The van der Waals surface area contributed by atoms with Gasteiger partial charge < -0.3 is 19.6 Å². The minimum absolute atomic E-state index is 0.214. The lowest BCUT2D eigenvalue weighted by Crippen LogP contribution is -2.02. The normalized spacial score (nSPS) is 10.8. The molecule has 24 heavy (non-hydrogen) atoms. The van der Waals surface area contributed by atoms with Gasteiger partial charge in [-0.1, -0.05) is 0 Å². The Morgan fingerprint density at radius 3 is 2.79 bits per heavy atom. The quantitative estimate of drug-likeness (QED) is 0.659. The summed E-state index contributed by atoms with van der Waals surface area (Å²) in [5.74, 6) is -1.13. The number of fused-ring (bicyclic) bond motifs is 1. The van der Waals surface area contributed by atoms with E-state index in [4.69, 9.17) is 14.3 Å². The van der Waals surface area contributed by atoms with E-state index in [-0.39, 0.29) is 12.3 Å². The Morgan fingerprint density at radius 1 is 1.33 bits per heavy atom. The standard InChI is InChI=1S/C17H13BrFNO4/c1-23-14-3-2-11(7-12(14)18)20-8-10-6-15-9(4-13(10)19)5-16(24-15)17(21)22/h2-7,20H,8H2,1H3,(H,21,22). The van der Waals surface area contributed by atoms with Crippen LogP contribution in [0.4, 0.5) is 10.1 Å². The first-order valence-corrected chi connectivity index (χ1v) is 7.80. The number of carbonyl (C=O) groups is 1. The van der Waals surface area contributed by atoms with Crippen LogP contribution in [0.5, 0.6) is 5.75 Å². The smallest absolute Gasteiger partial charge is 0.371 e. The van der Waals surface area contributed by atoms with Crippen molar-refractivity contribution in [2.24, 2.45) is 0 Å². The Bertz CT molecular complexity index is 922. The monoisotopic (exact) mass is 393 g/mol. The van der Waals surface area contributed by atoms with Crippen molar-refractivity contribution in [3.63, 3.8) is 0 Å². The molecule has 0 unspecified atom stereocenters. The third kappa shape index (κ3) is 3.21. The number of ether oxygens (including phenoxy) is 1. The molecule has 0 spiro atoms. The topological polar surface area (TPSA) is 71.7 Å². The third-order valence-electron chi connectivity index (χ3n) is 3.53. The molecule has 2 aromatic carbocycles. The van der Waals surface area contributed by atoms with Gasteiger partial charge in [0, 0.05) is 23.2 Å². The molecule has 0 aliphatic rings. The zero-order valence-electron chi connectivity index (χ0n) is 12.6. The number of rotatable bonds is 5. The van der Waals surface area contributed by atoms with Crippen LogP contribution in [0, 0.1) is 5.82 Å². The first-order valence-electron chi connectivity index (χ1n) is 7.00. The lowest BCUT2D eigenvalue weighted by atomic mass is 10.1. The second kappa shape index (κ2) is 6.52. The molecule has 0 aliphatic carbocycles. The number of hydrogen-bond acceptors (Lipinski definition) is 4. The van der Waals surface area contributed by atoms with Gasteiger partial charge in [-0.15, -0.1) is 0 Å². The Morgan fingerprint density at radius 2 is 2.12 bits per heavy atom. The molecule has 1 heterocycles. The van der Waals surface area contributed by atoms with Crippen molar-refractivity contribution in [1.29, 1.82) is 0 Å². The fourth-order valence-electron chi connectivity index (χ4n) is 2.32. The molecule has 124 valence electrons. The van der Waals surface area contributed by atoms with Crippen molar-refractivity contribution in [3.8, 4) is 5.75 Å². The van der Waals surface area contributed by atoms with Crippen molar-refractivity contribution >= 4 is 38.6 Å². The molecular weight excluding hydrogens is 381 g/mol. The summed E-state index contributed by atoms with van der Waals surface area (Å²) in [5, 5.41) is 12.5. The molecule has 5 nitrogen and oxygen atoms in total. The van der Waals surface area contributed by atoms with Crippen molar-refractivity contribution in [3.05, 3.63) is 58.0 Å². The fraction of sp³-hybridized carbons (Fsp3) is 0.118. The van der Waals surface area contributed by atoms with Gasteiger partial charge in [0.05, 0.1) is 11.6 Å². The minimum atomic E-state index is -1.19. The maximum Gasteiger partial charge on any atom is 0.371 e. The molecule has 0 saturated heterocycles. The van der Waals surface area contributed by atoms with Crippen LogP contribution in [0.1, 0.15) is 16.1 Å². The number of halogens is 2. The van der Waals surface area contributed by atoms with Gasteiger partial charge in [0.15, 0.2) is 0 Å². The van der Waals surface area contributed by atoms with E-state index in [1.54, 1.807) is 13.2 Å². The largest absolute Gasteiger partial charge is 0.496 e. The average Bonchev–Trinajstić information content (AvgIpc) is 2.95. The number of methoxy groups -OCH3 is 1. The van der Waals surface area contributed by atoms with Gasteiger partial charge in [-0.05, 0) is 52.3 Å². The average molecular weight is 394 g/mol. The number of carboxylic acid groups (broad SMARTS) is 1. The summed E-state index contributed by atoms with van der Waals surface area (Å²) in [6, 6.07) is 9.51. The van der Waals surface area contributed by atoms with Gasteiger partial charge in [0.2, 0.25) is 5.76 Å². The van der Waals surface area contributed by atoms with Crippen molar-refractivity contribution in [2.45, 2.75) is 6.54 Å². The predicted molar refractivity (Wildman–Crippen MR) is 91.2 cm³/mol. The van der Waals surface area contributed by atoms with Crippen molar-refractivity contribution in [1.82, 2.24) is 0 Å². The molecule has 7 heteroatoms. The number of hydrogen-bond donors (Lipinski definition) is 2. The van der Waals surface area contributed by atoms with E-state index in [1.165, 1.54) is 18.2 Å². The van der Waals surface area contributed by atoms with Crippen LogP contribution >= 0.6 is 15.9 Å². The fourth-order valence-corrected chi connectivity index (χ4v) is 2.86. The molecule has 1 aromatic heterocycles. The molecule has 0 bridgehead atoms. The van der Waals surface area contributed by atoms with Crippen LogP contribution in [0.2, 0.25) is 0 Å². The summed E-state index contributed by atoms with van der Waals surface area (Å²) < 4.78 is 25.3. The van der Waals surface area contributed by atoms with Gasteiger partial charge in [-0.25, -0.2) is 9.18 Å². The van der Waals surface area contributed by atoms with Crippen LogP contribution in [0.3, 0.4) is 0 Å². The molecule has 0 aliphatic heterocycles. The second-order valence-electron chi connectivity index (χ2n) is 5.10. The molecule has 0 atom stereocenters. The molecule has 3 aromatic rings.